The van der Waals surface area contributed by atoms with Crippen LogP contribution in [0.5, 0.6) is 0 Å². The second-order valence-electron chi connectivity index (χ2n) is 6.65. The molecule has 0 radical (unpaired) electrons. The van der Waals surface area contributed by atoms with Gasteiger partial charge in [0.05, 0.1) is 0 Å². The number of rotatable bonds is 8. The van der Waals surface area contributed by atoms with Crippen molar-refractivity contribution in [2.75, 3.05) is 32.7 Å². The molecule has 1 aromatic heterocycles. The number of nitrogens with zero attached hydrogens (tertiary/aromatic N) is 2. The summed E-state index contributed by atoms with van der Waals surface area (Å²) in [5, 5.41) is 11.0. The first-order chi connectivity index (χ1) is 12.2. The minimum Gasteiger partial charge on any atom is -0.357 e. The number of carbonyl (C=O) groups excluding carboxylic acids is 1. The highest BCUT2D eigenvalue weighted by Crippen LogP contribution is 2.18. The maximum absolute atomic E-state index is 12.0. The fraction of sp³-hybridized carbons (Fsp3) is 0.684. The Balaban J connectivity index is 0.00000338. The number of thiophene rings is 1. The largest absolute Gasteiger partial charge is 0.357 e. The number of halogens is 1. The minimum absolute atomic E-state index is 0. The van der Waals surface area contributed by atoms with Crippen LogP contribution in [0, 0.1) is 0 Å². The highest BCUT2D eigenvalue weighted by Gasteiger charge is 2.15. The van der Waals surface area contributed by atoms with Crippen LogP contribution in [-0.2, 0) is 4.79 Å². The van der Waals surface area contributed by atoms with Gasteiger partial charge in [0.25, 0.3) is 0 Å². The molecule has 2 rings (SSSR count). The standard InChI is InChI=1S/C19H32N4OS.HI/c1-3-20-19(22-14-16(2)17-9-13-25-15-17)21-10-7-12-23-11-6-4-5-8-18(23)24;/h9,13,15-16H,3-8,10-12,14H2,1-2H3,(H2,20,21,22);1H. The summed E-state index contributed by atoms with van der Waals surface area (Å²) in [6.45, 7) is 8.51. The molecule has 1 aromatic rings. The average molecular weight is 492 g/mol. The molecule has 0 spiro atoms. The van der Waals surface area contributed by atoms with Crippen LogP contribution in [0.3, 0.4) is 0 Å². The van der Waals surface area contributed by atoms with E-state index in [1.807, 2.05) is 4.90 Å². The topological polar surface area (TPSA) is 56.7 Å². The lowest BCUT2D eigenvalue weighted by atomic mass is 10.1. The fourth-order valence-corrected chi connectivity index (χ4v) is 3.76. The molecular formula is C19H33IN4OS. The molecule has 1 fully saturated rings. The van der Waals surface area contributed by atoms with Crippen LogP contribution in [0.4, 0.5) is 0 Å². The fourth-order valence-electron chi connectivity index (χ4n) is 2.98. The number of carbonyl (C=O) groups is 1. The first-order valence-electron chi connectivity index (χ1n) is 9.52. The van der Waals surface area contributed by atoms with Crippen LogP contribution < -0.4 is 10.6 Å². The van der Waals surface area contributed by atoms with Crippen LogP contribution >= 0.6 is 35.3 Å². The van der Waals surface area contributed by atoms with Crippen molar-refractivity contribution in [1.82, 2.24) is 15.5 Å². The van der Waals surface area contributed by atoms with Crippen molar-refractivity contribution in [3.8, 4) is 0 Å². The molecule has 0 aromatic carbocycles. The lowest BCUT2D eigenvalue weighted by molar-refractivity contribution is -0.130. The van der Waals surface area contributed by atoms with Gasteiger partial charge in [-0.2, -0.15) is 11.3 Å². The molecule has 1 amide bonds. The van der Waals surface area contributed by atoms with E-state index in [-0.39, 0.29) is 24.0 Å². The van der Waals surface area contributed by atoms with E-state index in [0.29, 0.717) is 11.8 Å². The zero-order valence-electron chi connectivity index (χ0n) is 16.0. The monoisotopic (exact) mass is 492 g/mol. The number of likely N-dealkylation sites (tertiary alicyclic amines) is 1. The molecule has 0 saturated carbocycles. The summed E-state index contributed by atoms with van der Waals surface area (Å²) in [6.07, 6.45) is 5.05. The Morgan fingerprint density at radius 2 is 2.19 bits per heavy atom. The van der Waals surface area contributed by atoms with Gasteiger partial charge >= 0.3 is 0 Å². The third kappa shape index (κ3) is 8.24. The number of amides is 1. The lowest BCUT2D eigenvalue weighted by Gasteiger charge is -2.21. The third-order valence-corrected chi connectivity index (χ3v) is 5.25. The van der Waals surface area contributed by atoms with Gasteiger partial charge < -0.3 is 15.5 Å². The summed E-state index contributed by atoms with van der Waals surface area (Å²) in [5.74, 6) is 1.62. The predicted octanol–water partition coefficient (Wildman–Crippen LogP) is 3.82. The number of aliphatic imine (C=N–C) groups is 1. The number of guanidine groups is 1. The van der Waals surface area contributed by atoms with E-state index in [2.05, 4.69) is 41.3 Å². The van der Waals surface area contributed by atoms with Gasteiger partial charge in [0.2, 0.25) is 5.91 Å². The van der Waals surface area contributed by atoms with Gasteiger partial charge in [-0.05, 0) is 48.6 Å². The zero-order valence-corrected chi connectivity index (χ0v) is 19.1. The van der Waals surface area contributed by atoms with Crippen molar-refractivity contribution in [3.63, 3.8) is 0 Å². The predicted molar refractivity (Wildman–Crippen MR) is 122 cm³/mol. The van der Waals surface area contributed by atoms with E-state index in [9.17, 15) is 4.79 Å². The Labute approximate surface area is 179 Å². The second kappa shape index (κ2) is 13.4. The molecule has 1 aliphatic rings. The molecule has 26 heavy (non-hydrogen) atoms. The van der Waals surface area contributed by atoms with Gasteiger partial charge in [0, 0.05) is 45.1 Å². The Morgan fingerprint density at radius 3 is 2.92 bits per heavy atom. The minimum atomic E-state index is 0. The molecule has 1 aliphatic heterocycles. The quantitative estimate of drug-likeness (QED) is 0.251. The summed E-state index contributed by atoms with van der Waals surface area (Å²) in [5.41, 5.74) is 1.35. The molecule has 7 heteroatoms. The van der Waals surface area contributed by atoms with E-state index in [1.165, 1.54) is 12.0 Å². The number of nitrogens with one attached hydrogen (secondary N) is 2. The normalized spacial score (nSPS) is 16.6. The molecule has 1 unspecified atom stereocenters. The van der Waals surface area contributed by atoms with Gasteiger partial charge in [-0.25, -0.2) is 0 Å². The molecule has 148 valence electrons. The highest BCUT2D eigenvalue weighted by atomic mass is 127. The molecule has 5 nitrogen and oxygen atoms in total. The first kappa shape index (κ1) is 23.2. The highest BCUT2D eigenvalue weighted by molar-refractivity contribution is 14.0. The Morgan fingerprint density at radius 1 is 1.35 bits per heavy atom. The molecule has 1 atom stereocenters. The van der Waals surface area contributed by atoms with Gasteiger partial charge in [0.1, 0.15) is 0 Å². The molecule has 0 aliphatic carbocycles. The van der Waals surface area contributed by atoms with E-state index in [1.54, 1.807) is 11.3 Å². The summed E-state index contributed by atoms with van der Waals surface area (Å²) in [6, 6.07) is 2.17. The van der Waals surface area contributed by atoms with Gasteiger partial charge in [-0.3, -0.25) is 9.79 Å². The van der Waals surface area contributed by atoms with Crippen LogP contribution in [0.1, 0.15) is 57.4 Å². The smallest absolute Gasteiger partial charge is 0.222 e. The van der Waals surface area contributed by atoms with Crippen molar-refractivity contribution in [3.05, 3.63) is 22.4 Å². The lowest BCUT2D eigenvalue weighted by Crippen LogP contribution is -2.39. The molecule has 2 N–H and O–H groups in total. The Hall–Kier alpha value is -0.830. The van der Waals surface area contributed by atoms with Gasteiger partial charge in [-0.15, -0.1) is 24.0 Å². The van der Waals surface area contributed by atoms with E-state index in [0.717, 1.165) is 64.4 Å². The number of hydrogen-bond donors (Lipinski definition) is 2. The summed E-state index contributed by atoms with van der Waals surface area (Å²) >= 11 is 1.73. The van der Waals surface area contributed by atoms with Crippen molar-refractivity contribution in [2.45, 2.75) is 51.9 Å². The van der Waals surface area contributed by atoms with Crippen LogP contribution in [0.2, 0.25) is 0 Å². The third-order valence-electron chi connectivity index (χ3n) is 4.55. The number of hydrogen-bond acceptors (Lipinski definition) is 3. The summed E-state index contributed by atoms with van der Waals surface area (Å²) in [4.78, 5) is 18.7. The second-order valence-corrected chi connectivity index (χ2v) is 7.43. The molecule has 1 saturated heterocycles. The Bertz CT molecular complexity index is 536. The molecule has 2 heterocycles. The van der Waals surface area contributed by atoms with E-state index in [4.69, 9.17) is 4.99 Å². The summed E-state index contributed by atoms with van der Waals surface area (Å²) in [7, 11) is 0. The van der Waals surface area contributed by atoms with Crippen LogP contribution in [0.15, 0.2) is 21.8 Å². The summed E-state index contributed by atoms with van der Waals surface area (Å²) < 4.78 is 0. The zero-order chi connectivity index (χ0) is 17.9. The van der Waals surface area contributed by atoms with E-state index >= 15 is 0 Å². The van der Waals surface area contributed by atoms with Crippen molar-refractivity contribution in [1.29, 1.82) is 0 Å². The van der Waals surface area contributed by atoms with Crippen molar-refractivity contribution < 1.29 is 4.79 Å². The van der Waals surface area contributed by atoms with E-state index < -0.39 is 0 Å². The van der Waals surface area contributed by atoms with Crippen molar-refractivity contribution >= 4 is 47.2 Å². The first-order valence-corrected chi connectivity index (χ1v) is 10.5. The maximum atomic E-state index is 12.0. The van der Waals surface area contributed by atoms with Crippen LogP contribution in [0.25, 0.3) is 0 Å². The van der Waals surface area contributed by atoms with Gasteiger partial charge in [-0.1, -0.05) is 13.3 Å². The molecule has 0 bridgehead atoms. The Kier molecular flexibility index (Phi) is 11.9. The van der Waals surface area contributed by atoms with Gasteiger partial charge in [0.15, 0.2) is 5.96 Å². The maximum Gasteiger partial charge on any atom is 0.222 e. The van der Waals surface area contributed by atoms with Crippen LogP contribution in [-0.4, -0.2) is 49.5 Å². The van der Waals surface area contributed by atoms with Crippen molar-refractivity contribution in [2.24, 2.45) is 4.99 Å². The molecular weight excluding hydrogens is 459 g/mol. The SMILES string of the molecule is CCNC(=NCC(C)c1ccsc1)NCCCN1CCCCCC1=O.I. The average Bonchev–Trinajstić information content (AvgIpc) is 3.07.